The minimum atomic E-state index is -0.752. The van der Waals surface area contributed by atoms with Crippen molar-refractivity contribution in [1.82, 2.24) is 14.8 Å². The van der Waals surface area contributed by atoms with E-state index >= 15 is 0 Å². The second kappa shape index (κ2) is 8.96. The lowest BCUT2D eigenvalue weighted by Gasteiger charge is -2.27. The van der Waals surface area contributed by atoms with Crippen molar-refractivity contribution in [2.75, 3.05) is 41.4 Å². The molecule has 0 aliphatic carbocycles. The third-order valence-electron chi connectivity index (χ3n) is 5.01. The molecule has 2 aromatic rings. The lowest BCUT2D eigenvalue weighted by atomic mass is 9.95. The molecule has 30 heavy (non-hydrogen) atoms. The summed E-state index contributed by atoms with van der Waals surface area (Å²) in [5.74, 6) is -0.601. The standard InChI is InChI=1S/C22H25N3O5/c1-24(2)11-12-25-19(15-5-6-16(29-3)17(13-15)30-4)18(21(27)22(25)28)20(26)14-7-9-23-10-8-14/h5-10,13,19,26H,11-12H2,1-4H3/b20-18+. The van der Waals surface area contributed by atoms with Crippen LogP contribution in [0.5, 0.6) is 11.5 Å². The first-order valence-corrected chi connectivity index (χ1v) is 9.44. The van der Waals surface area contributed by atoms with Gasteiger partial charge in [-0.1, -0.05) is 6.07 Å². The van der Waals surface area contributed by atoms with Crippen molar-refractivity contribution >= 4 is 17.4 Å². The van der Waals surface area contributed by atoms with Crippen LogP contribution < -0.4 is 9.47 Å². The highest BCUT2D eigenvalue weighted by Gasteiger charge is 2.46. The SMILES string of the molecule is COc1ccc(C2/C(=C(\O)c3ccncc3)C(=O)C(=O)N2CCN(C)C)cc1OC. The number of pyridine rings is 1. The van der Waals surface area contributed by atoms with Crippen LogP contribution in [0, 0.1) is 0 Å². The molecule has 8 heteroatoms. The van der Waals surface area contributed by atoms with Crippen molar-refractivity contribution < 1.29 is 24.2 Å². The second-order valence-corrected chi connectivity index (χ2v) is 7.15. The quantitative estimate of drug-likeness (QED) is 0.424. The Bertz CT molecular complexity index is 972. The molecule has 1 fully saturated rings. The van der Waals surface area contributed by atoms with Crippen molar-refractivity contribution in [3.05, 3.63) is 59.4 Å². The molecule has 1 aromatic heterocycles. The number of nitrogens with zero attached hydrogens (tertiary/aromatic N) is 3. The Kier molecular flexibility index (Phi) is 6.37. The fraction of sp³-hybridized carbons (Fsp3) is 0.318. The molecule has 0 bridgehead atoms. The molecule has 158 valence electrons. The van der Waals surface area contributed by atoms with Crippen LogP contribution in [0.15, 0.2) is 48.3 Å². The van der Waals surface area contributed by atoms with Gasteiger partial charge in [0.15, 0.2) is 11.5 Å². The summed E-state index contributed by atoms with van der Waals surface area (Å²) >= 11 is 0. The van der Waals surface area contributed by atoms with Gasteiger partial charge in [0.25, 0.3) is 11.7 Å². The van der Waals surface area contributed by atoms with Crippen LogP contribution >= 0.6 is 0 Å². The normalized spacial score (nSPS) is 18.2. The van der Waals surface area contributed by atoms with Crippen molar-refractivity contribution in [2.45, 2.75) is 6.04 Å². The van der Waals surface area contributed by atoms with Crippen LogP contribution in [0.4, 0.5) is 0 Å². The number of methoxy groups -OCH3 is 2. The number of hydrogen-bond acceptors (Lipinski definition) is 7. The predicted molar refractivity (Wildman–Crippen MR) is 111 cm³/mol. The summed E-state index contributed by atoms with van der Waals surface area (Å²) in [6, 6.07) is 7.63. The summed E-state index contributed by atoms with van der Waals surface area (Å²) in [5, 5.41) is 10.9. The molecule has 1 unspecified atom stereocenters. The molecule has 1 N–H and O–H groups in total. The topological polar surface area (TPSA) is 92.2 Å². The van der Waals surface area contributed by atoms with E-state index in [1.165, 1.54) is 31.5 Å². The lowest BCUT2D eigenvalue weighted by molar-refractivity contribution is -0.140. The number of carbonyl (C=O) groups excluding carboxylic acids is 2. The highest BCUT2D eigenvalue weighted by molar-refractivity contribution is 6.46. The molecule has 2 heterocycles. The van der Waals surface area contributed by atoms with Gasteiger partial charge in [0, 0.05) is 31.0 Å². The summed E-state index contributed by atoms with van der Waals surface area (Å²) in [5.41, 5.74) is 1.10. The van der Waals surface area contributed by atoms with Gasteiger partial charge in [-0.15, -0.1) is 0 Å². The maximum atomic E-state index is 12.9. The summed E-state index contributed by atoms with van der Waals surface area (Å²) in [4.78, 5) is 33.2. The van der Waals surface area contributed by atoms with Crippen LogP contribution in [0.25, 0.3) is 5.76 Å². The Morgan fingerprint density at radius 3 is 2.37 bits per heavy atom. The van der Waals surface area contributed by atoms with E-state index in [4.69, 9.17) is 9.47 Å². The van der Waals surface area contributed by atoms with Gasteiger partial charge >= 0.3 is 0 Å². The van der Waals surface area contributed by atoms with E-state index in [0.29, 0.717) is 35.7 Å². The number of likely N-dealkylation sites (N-methyl/N-ethyl adjacent to an activating group) is 1. The van der Waals surface area contributed by atoms with Crippen LogP contribution in [0.1, 0.15) is 17.2 Å². The van der Waals surface area contributed by atoms with Gasteiger partial charge < -0.3 is 24.4 Å². The zero-order valence-electron chi connectivity index (χ0n) is 17.5. The maximum Gasteiger partial charge on any atom is 0.295 e. The molecule has 0 radical (unpaired) electrons. The molecule has 0 spiro atoms. The van der Waals surface area contributed by atoms with Gasteiger partial charge in [0.2, 0.25) is 0 Å². The minimum Gasteiger partial charge on any atom is -0.507 e. The number of benzene rings is 1. The molecule has 8 nitrogen and oxygen atoms in total. The monoisotopic (exact) mass is 411 g/mol. The predicted octanol–water partition coefficient (Wildman–Crippen LogP) is 2.08. The van der Waals surface area contributed by atoms with E-state index < -0.39 is 17.7 Å². The molecular formula is C22H25N3O5. The minimum absolute atomic E-state index is 0.0391. The van der Waals surface area contributed by atoms with Crippen molar-refractivity contribution in [1.29, 1.82) is 0 Å². The molecule has 1 amide bonds. The van der Waals surface area contributed by atoms with Gasteiger partial charge in [-0.25, -0.2) is 0 Å². The molecule has 3 rings (SSSR count). The van der Waals surface area contributed by atoms with Crippen LogP contribution in [0.2, 0.25) is 0 Å². The highest BCUT2D eigenvalue weighted by Crippen LogP contribution is 2.41. The van der Waals surface area contributed by atoms with Gasteiger partial charge in [0.1, 0.15) is 5.76 Å². The van der Waals surface area contributed by atoms with Crippen LogP contribution in [-0.2, 0) is 9.59 Å². The molecule has 1 aliphatic heterocycles. The van der Waals surface area contributed by atoms with E-state index in [2.05, 4.69) is 4.98 Å². The third-order valence-corrected chi connectivity index (χ3v) is 5.01. The number of likely N-dealkylation sites (tertiary alicyclic amines) is 1. The molecule has 1 atom stereocenters. The van der Waals surface area contributed by atoms with Gasteiger partial charge in [-0.05, 0) is 43.9 Å². The van der Waals surface area contributed by atoms with E-state index in [1.807, 2.05) is 19.0 Å². The van der Waals surface area contributed by atoms with Gasteiger partial charge in [-0.3, -0.25) is 14.6 Å². The Morgan fingerprint density at radius 1 is 1.10 bits per heavy atom. The first kappa shape index (κ1) is 21.3. The number of aliphatic hydroxyl groups is 1. The van der Waals surface area contributed by atoms with Gasteiger partial charge in [-0.2, -0.15) is 0 Å². The first-order chi connectivity index (χ1) is 14.4. The van der Waals surface area contributed by atoms with Crippen LogP contribution in [0.3, 0.4) is 0 Å². The molecule has 1 aliphatic rings. The number of carbonyl (C=O) groups is 2. The van der Waals surface area contributed by atoms with Crippen molar-refractivity contribution in [3.63, 3.8) is 0 Å². The Labute approximate surface area is 175 Å². The first-order valence-electron chi connectivity index (χ1n) is 9.44. The van der Waals surface area contributed by atoms with Gasteiger partial charge in [0.05, 0.1) is 25.8 Å². The number of rotatable bonds is 7. The number of amides is 1. The second-order valence-electron chi connectivity index (χ2n) is 7.15. The highest BCUT2D eigenvalue weighted by atomic mass is 16.5. The maximum absolute atomic E-state index is 12.9. The summed E-state index contributed by atoms with van der Waals surface area (Å²) < 4.78 is 10.7. The lowest BCUT2D eigenvalue weighted by Crippen LogP contribution is -2.35. The molecule has 1 saturated heterocycles. The largest absolute Gasteiger partial charge is 0.507 e. The van der Waals surface area contributed by atoms with E-state index in [1.54, 1.807) is 30.3 Å². The number of aromatic nitrogens is 1. The Hall–Kier alpha value is -3.39. The average molecular weight is 411 g/mol. The number of ketones is 1. The molecule has 1 aromatic carbocycles. The molecule has 0 saturated carbocycles. The molecular weight excluding hydrogens is 386 g/mol. The fourth-order valence-corrected chi connectivity index (χ4v) is 3.45. The zero-order valence-corrected chi connectivity index (χ0v) is 17.5. The van der Waals surface area contributed by atoms with Crippen molar-refractivity contribution in [2.24, 2.45) is 0 Å². The number of Topliss-reactive ketones (excluding diaryl/α,β-unsaturated/α-hetero) is 1. The number of hydrogen-bond donors (Lipinski definition) is 1. The number of ether oxygens (including phenoxy) is 2. The Balaban J connectivity index is 2.17. The summed E-state index contributed by atoms with van der Waals surface area (Å²) in [6.45, 7) is 0.885. The van der Waals surface area contributed by atoms with Crippen LogP contribution in [-0.4, -0.2) is 73.0 Å². The Morgan fingerprint density at radius 2 is 1.77 bits per heavy atom. The van der Waals surface area contributed by atoms with E-state index in [0.717, 1.165) is 0 Å². The fourth-order valence-electron chi connectivity index (χ4n) is 3.45. The van der Waals surface area contributed by atoms with E-state index in [9.17, 15) is 14.7 Å². The smallest absolute Gasteiger partial charge is 0.295 e. The number of aliphatic hydroxyl groups excluding tert-OH is 1. The summed E-state index contributed by atoms with van der Waals surface area (Å²) in [6.07, 6.45) is 3.03. The van der Waals surface area contributed by atoms with Crippen molar-refractivity contribution in [3.8, 4) is 11.5 Å². The zero-order chi connectivity index (χ0) is 21.8. The third kappa shape index (κ3) is 3.99. The van der Waals surface area contributed by atoms with E-state index in [-0.39, 0.29) is 11.3 Å². The summed E-state index contributed by atoms with van der Waals surface area (Å²) in [7, 11) is 6.82. The average Bonchev–Trinajstić information content (AvgIpc) is 3.01.